The van der Waals surface area contributed by atoms with Gasteiger partial charge in [0.2, 0.25) is 11.7 Å². The van der Waals surface area contributed by atoms with Crippen molar-refractivity contribution in [3.05, 3.63) is 65.0 Å². The van der Waals surface area contributed by atoms with Gasteiger partial charge in [0.25, 0.3) is 5.91 Å². The zero-order valence-electron chi connectivity index (χ0n) is 16.1. The SMILES string of the molecule is CC(C)c1ccccc1OCC(=O)N(C)Cc1nc(-c2ccccc2Cl)no1. The van der Waals surface area contributed by atoms with E-state index in [0.29, 0.717) is 28.2 Å². The van der Waals surface area contributed by atoms with E-state index >= 15 is 0 Å². The summed E-state index contributed by atoms with van der Waals surface area (Å²) < 4.78 is 11.0. The number of rotatable bonds is 7. The molecule has 0 fully saturated rings. The molecule has 0 unspecified atom stereocenters. The minimum Gasteiger partial charge on any atom is -0.483 e. The van der Waals surface area contributed by atoms with Gasteiger partial charge < -0.3 is 14.2 Å². The highest BCUT2D eigenvalue weighted by Crippen LogP contribution is 2.26. The second-order valence-electron chi connectivity index (χ2n) is 6.72. The summed E-state index contributed by atoms with van der Waals surface area (Å²) in [4.78, 5) is 18.2. The van der Waals surface area contributed by atoms with Crippen molar-refractivity contribution >= 4 is 17.5 Å². The lowest BCUT2D eigenvalue weighted by molar-refractivity contribution is -0.132. The van der Waals surface area contributed by atoms with Crippen LogP contribution in [0.15, 0.2) is 53.1 Å². The van der Waals surface area contributed by atoms with Crippen LogP contribution in [-0.2, 0) is 11.3 Å². The van der Waals surface area contributed by atoms with Crippen LogP contribution in [0.1, 0.15) is 31.2 Å². The Morgan fingerprint density at radius 2 is 1.89 bits per heavy atom. The smallest absolute Gasteiger partial charge is 0.260 e. The van der Waals surface area contributed by atoms with E-state index in [2.05, 4.69) is 24.0 Å². The van der Waals surface area contributed by atoms with Gasteiger partial charge in [-0.3, -0.25) is 4.79 Å². The molecule has 3 rings (SSSR count). The molecule has 28 heavy (non-hydrogen) atoms. The van der Waals surface area contributed by atoms with E-state index in [-0.39, 0.29) is 19.1 Å². The molecule has 0 radical (unpaired) electrons. The summed E-state index contributed by atoms with van der Waals surface area (Å²) in [6.07, 6.45) is 0. The van der Waals surface area contributed by atoms with Gasteiger partial charge in [-0.1, -0.05) is 60.9 Å². The van der Waals surface area contributed by atoms with Gasteiger partial charge in [-0.2, -0.15) is 4.98 Å². The van der Waals surface area contributed by atoms with Gasteiger partial charge in [0.15, 0.2) is 6.61 Å². The molecular weight excluding hydrogens is 378 g/mol. The van der Waals surface area contributed by atoms with Gasteiger partial charge in [-0.25, -0.2) is 0 Å². The maximum atomic E-state index is 12.4. The third-order valence-electron chi connectivity index (χ3n) is 4.27. The van der Waals surface area contributed by atoms with Crippen molar-refractivity contribution in [1.82, 2.24) is 15.0 Å². The Balaban J connectivity index is 1.60. The first-order chi connectivity index (χ1) is 13.5. The fraction of sp³-hybridized carbons (Fsp3) is 0.286. The summed E-state index contributed by atoms with van der Waals surface area (Å²) in [5.41, 5.74) is 1.75. The standard InChI is InChI=1S/C21H22ClN3O3/c1-14(2)15-8-5-7-11-18(15)27-13-20(26)25(3)12-19-23-21(24-28-19)16-9-4-6-10-17(16)22/h4-11,14H,12-13H2,1-3H3. The summed E-state index contributed by atoms with van der Waals surface area (Å²) in [6, 6.07) is 15.0. The summed E-state index contributed by atoms with van der Waals surface area (Å²) >= 11 is 6.16. The van der Waals surface area contributed by atoms with Crippen molar-refractivity contribution in [2.75, 3.05) is 13.7 Å². The molecule has 1 amide bonds. The molecule has 0 aliphatic heterocycles. The topological polar surface area (TPSA) is 68.5 Å². The van der Waals surface area contributed by atoms with Gasteiger partial charge in [0.1, 0.15) is 5.75 Å². The van der Waals surface area contributed by atoms with Crippen LogP contribution in [0.2, 0.25) is 5.02 Å². The van der Waals surface area contributed by atoms with E-state index in [1.165, 1.54) is 4.90 Å². The number of carbonyl (C=O) groups excluding carboxylic acids is 1. The van der Waals surface area contributed by atoms with Gasteiger partial charge in [-0.05, 0) is 29.7 Å². The van der Waals surface area contributed by atoms with Crippen molar-refractivity contribution in [2.45, 2.75) is 26.3 Å². The summed E-state index contributed by atoms with van der Waals surface area (Å²) in [7, 11) is 1.67. The van der Waals surface area contributed by atoms with Crippen LogP contribution in [0, 0.1) is 0 Å². The lowest BCUT2D eigenvalue weighted by atomic mass is 10.0. The Labute approximate surface area is 169 Å². The van der Waals surface area contributed by atoms with Crippen LogP contribution < -0.4 is 4.74 Å². The van der Waals surface area contributed by atoms with E-state index in [0.717, 1.165) is 11.3 Å². The summed E-state index contributed by atoms with van der Waals surface area (Å²) in [6.45, 7) is 4.29. The molecule has 0 bridgehead atoms. The fourth-order valence-electron chi connectivity index (χ4n) is 2.70. The van der Waals surface area contributed by atoms with E-state index < -0.39 is 0 Å². The largest absolute Gasteiger partial charge is 0.483 e. The number of carbonyl (C=O) groups is 1. The van der Waals surface area contributed by atoms with Crippen LogP contribution >= 0.6 is 11.6 Å². The number of halogens is 1. The van der Waals surface area contributed by atoms with E-state index in [1.807, 2.05) is 42.5 Å². The zero-order chi connectivity index (χ0) is 20.1. The monoisotopic (exact) mass is 399 g/mol. The van der Waals surface area contributed by atoms with Crippen molar-refractivity contribution in [3.63, 3.8) is 0 Å². The number of nitrogens with zero attached hydrogens (tertiary/aromatic N) is 3. The summed E-state index contributed by atoms with van der Waals surface area (Å²) in [5, 5.41) is 4.48. The van der Waals surface area contributed by atoms with Crippen LogP contribution in [0.3, 0.4) is 0 Å². The predicted molar refractivity (Wildman–Crippen MR) is 107 cm³/mol. The Morgan fingerprint density at radius 3 is 2.64 bits per heavy atom. The van der Waals surface area contributed by atoms with Gasteiger partial charge in [0.05, 0.1) is 11.6 Å². The maximum Gasteiger partial charge on any atom is 0.260 e. The van der Waals surface area contributed by atoms with Gasteiger partial charge in [-0.15, -0.1) is 0 Å². The molecule has 0 saturated carbocycles. The molecule has 0 saturated heterocycles. The maximum absolute atomic E-state index is 12.4. The molecule has 2 aromatic carbocycles. The second kappa shape index (κ2) is 8.89. The van der Waals surface area contributed by atoms with Crippen molar-refractivity contribution in [2.24, 2.45) is 0 Å². The van der Waals surface area contributed by atoms with Crippen molar-refractivity contribution < 1.29 is 14.1 Å². The Bertz CT molecular complexity index is 955. The number of ether oxygens (including phenoxy) is 1. The number of aromatic nitrogens is 2. The number of amides is 1. The second-order valence-corrected chi connectivity index (χ2v) is 7.13. The first-order valence-electron chi connectivity index (χ1n) is 8.99. The third kappa shape index (κ3) is 4.70. The molecule has 0 aliphatic rings. The molecule has 3 aromatic rings. The van der Waals surface area contributed by atoms with Crippen LogP contribution in [0.4, 0.5) is 0 Å². The lowest BCUT2D eigenvalue weighted by Crippen LogP contribution is -2.31. The third-order valence-corrected chi connectivity index (χ3v) is 4.60. The Kier molecular flexibility index (Phi) is 6.31. The van der Waals surface area contributed by atoms with E-state index in [9.17, 15) is 4.79 Å². The molecule has 1 heterocycles. The molecule has 6 nitrogen and oxygen atoms in total. The molecule has 0 atom stereocenters. The molecule has 0 aliphatic carbocycles. The normalized spacial score (nSPS) is 10.9. The molecule has 0 N–H and O–H groups in total. The highest BCUT2D eigenvalue weighted by atomic mass is 35.5. The summed E-state index contributed by atoms with van der Waals surface area (Å²) in [5.74, 6) is 1.57. The van der Waals surface area contributed by atoms with Gasteiger partial charge in [0, 0.05) is 12.6 Å². The highest BCUT2D eigenvalue weighted by Gasteiger charge is 2.17. The van der Waals surface area contributed by atoms with Crippen LogP contribution in [0.25, 0.3) is 11.4 Å². The average Bonchev–Trinajstić information content (AvgIpc) is 3.14. The van der Waals surface area contributed by atoms with Crippen molar-refractivity contribution in [1.29, 1.82) is 0 Å². The Hall–Kier alpha value is -2.86. The quantitative estimate of drug-likeness (QED) is 0.583. The zero-order valence-corrected chi connectivity index (χ0v) is 16.8. The highest BCUT2D eigenvalue weighted by molar-refractivity contribution is 6.33. The van der Waals surface area contributed by atoms with Gasteiger partial charge >= 0.3 is 0 Å². The minimum atomic E-state index is -0.184. The predicted octanol–water partition coefficient (Wildman–Crippen LogP) is 4.55. The van der Waals surface area contributed by atoms with Crippen LogP contribution in [-0.4, -0.2) is 34.6 Å². The fourth-order valence-corrected chi connectivity index (χ4v) is 2.92. The van der Waals surface area contributed by atoms with Crippen molar-refractivity contribution in [3.8, 4) is 17.1 Å². The van der Waals surface area contributed by atoms with Crippen LogP contribution in [0.5, 0.6) is 5.75 Å². The number of likely N-dealkylation sites (N-methyl/N-ethyl adjacent to an activating group) is 1. The molecule has 0 spiro atoms. The molecule has 1 aromatic heterocycles. The molecular formula is C21H22ClN3O3. The van der Waals surface area contributed by atoms with E-state index in [1.54, 1.807) is 13.1 Å². The number of hydrogen-bond donors (Lipinski definition) is 0. The number of para-hydroxylation sites is 1. The molecule has 146 valence electrons. The molecule has 7 heteroatoms. The first-order valence-corrected chi connectivity index (χ1v) is 9.36. The number of benzene rings is 2. The lowest BCUT2D eigenvalue weighted by Gasteiger charge is -2.17. The average molecular weight is 400 g/mol. The van der Waals surface area contributed by atoms with E-state index in [4.69, 9.17) is 20.9 Å². The Morgan fingerprint density at radius 1 is 1.18 bits per heavy atom. The number of hydrogen-bond acceptors (Lipinski definition) is 5. The first kappa shape index (κ1) is 19.9. The minimum absolute atomic E-state index is 0.0637.